The lowest BCUT2D eigenvalue weighted by Gasteiger charge is -2.11. The van der Waals surface area contributed by atoms with Crippen molar-refractivity contribution < 1.29 is 4.74 Å². The molecule has 0 aliphatic heterocycles. The second-order valence-corrected chi connectivity index (χ2v) is 6.75. The molecule has 0 aliphatic carbocycles. The third kappa shape index (κ3) is 3.36. The third-order valence-electron chi connectivity index (χ3n) is 3.98. The van der Waals surface area contributed by atoms with Crippen LogP contribution in [0.15, 0.2) is 66.7 Å². The number of aromatic nitrogens is 2. The number of halogens is 2. The minimum atomic E-state index is 0.487. The van der Waals surface area contributed by atoms with E-state index in [4.69, 9.17) is 27.9 Å². The fraction of sp³-hybridized carbons (Fsp3) is 0.0476. The predicted octanol–water partition coefficient (Wildman–Crippen LogP) is 6.70. The molecule has 3 aromatic carbocycles. The van der Waals surface area contributed by atoms with Gasteiger partial charge in [0.25, 0.3) is 0 Å². The predicted molar refractivity (Wildman–Crippen MR) is 106 cm³/mol. The summed E-state index contributed by atoms with van der Waals surface area (Å²) < 4.78 is 6.05. The Morgan fingerprint density at radius 1 is 0.846 bits per heavy atom. The van der Waals surface area contributed by atoms with Crippen molar-refractivity contribution in [1.29, 1.82) is 0 Å². The zero-order chi connectivity index (χ0) is 18.1. The molecule has 1 heterocycles. The molecule has 0 spiro atoms. The van der Waals surface area contributed by atoms with Crippen molar-refractivity contribution in [2.45, 2.75) is 6.92 Å². The van der Waals surface area contributed by atoms with E-state index in [1.807, 2.05) is 61.5 Å². The van der Waals surface area contributed by atoms with E-state index in [0.717, 1.165) is 10.9 Å². The van der Waals surface area contributed by atoms with Gasteiger partial charge in [0.05, 0.1) is 15.9 Å². The number of benzene rings is 3. The fourth-order valence-electron chi connectivity index (χ4n) is 2.63. The number of aryl methyl sites for hydroxylation is 1. The van der Waals surface area contributed by atoms with Crippen molar-refractivity contribution in [2.24, 2.45) is 0 Å². The smallest absolute Gasteiger partial charge is 0.230 e. The van der Waals surface area contributed by atoms with Gasteiger partial charge in [0.2, 0.25) is 5.88 Å². The topological polar surface area (TPSA) is 35.0 Å². The van der Waals surface area contributed by atoms with Gasteiger partial charge in [0.15, 0.2) is 5.82 Å². The van der Waals surface area contributed by atoms with Gasteiger partial charge in [-0.05, 0) is 49.4 Å². The molecular weight excluding hydrogens is 367 g/mol. The summed E-state index contributed by atoms with van der Waals surface area (Å²) in [5.74, 6) is 1.69. The summed E-state index contributed by atoms with van der Waals surface area (Å²) in [4.78, 5) is 9.25. The van der Waals surface area contributed by atoms with Gasteiger partial charge < -0.3 is 4.74 Å². The van der Waals surface area contributed by atoms with Crippen molar-refractivity contribution in [3.05, 3.63) is 82.3 Å². The van der Waals surface area contributed by atoms with Gasteiger partial charge >= 0.3 is 0 Å². The molecule has 4 rings (SSSR count). The molecule has 0 N–H and O–H groups in total. The Morgan fingerprint density at radius 3 is 2.38 bits per heavy atom. The standard InChI is InChI=1S/C21H14Cl2N2O/c1-13-6-9-15(10-7-13)26-21-17-4-2-3-5-19(17)24-20(25-21)16-11-8-14(22)12-18(16)23/h2-12H,1H3. The van der Waals surface area contributed by atoms with E-state index in [-0.39, 0.29) is 0 Å². The molecular formula is C21H14Cl2N2O. The van der Waals surface area contributed by atoms with E-state index in [2.05, 4.69) is 9.97 Å². The molecule has 0 saturated heterocycles. The summed E-state index contributed by atoms with van der Waals surface area (Å²) >= 11 is 12.3. The van der Waals surface area contributed by atoms with Crippen LogP contribution in [0.25, 0.3) is 22.3 Å². The molecule has 0 bridgehead atoms. The number of fused-ring (bicyclic) bond motifs is 1. The molecule has 1 aromatic heterocycles. The Kier molecular flexibility index (Phi) is 4.49. The highest BCUT2D eigenvalue weighted by Gasteiger charge is 2.13. The highest BCUT2D eigenvalue weighted by atomic mass is 35.5. The van der Waals surface area contributed by atoms with Gasteiger partial charge in [0, 0.05) is 10.6 Å². The van der Waals surface area contributed by atoms with Crippen molar-refractivity contribution >= 4 is 34.1 Å². The first-order valence-corrected chi connectivity index (χ1v) is 8.82. The summed E-state index contributed by atoms with van der Waals surface area (Å²) in [6, 6.07) is 20.8. The molecule has 5 heteroatoms. The van der Waals surface area contributed by atoms with Gasteiger partial charge in [-0.3, -0.25) is 0 Å². The molecule has 0 radical (unpaired) electrons. The molecule has 3 nitrogen and oxygen atoms in total. The van der Waals surface area contributed by atoms with Gasteiger partial charge in [0.1, 0.15) is 5.75 Å². The average molecular weight is 381 g/mol. The number of rotatable bonds is 3. The van der Waals surface area contributed by atoms with Gasteiger partial charge in [-0.25, -0.2) is 4.98 Å². The molecule has 4 aromatic rings. The normalized spacial score (nSPS) is 10.9. The molecule has 0 fully saturated rings. The van der Waals surface area contributed by atoms with Crippen LogP contribution in [0.3, 0.4) is 0 Å². The molecule has 0 unspecified atom stereocenters. The number of hydrogen-bond acceptors (Lipinski definition) is 3. The molecule has 0 saturated carbocycles. The Balaban J connectivity index is 1.86. The van der Waals surface area contributed by atoms with Crippen molar-refractivity contribution in [2.75, 3.05) is 0 Å². The van der Waals surface area contributed by atoms with Crippen molar-refractivity contribution in [1.82, 2.24) is 9.97 Å². The summed E-state index contributed by atoms with van der Waals surface area (Å²) in [5, 5.41) is 1.90. The zero-order valence-electron chi connectivity index (χ0n) is 13.9. The van der Waals surface area contributed by atoms with Crippen molar-refractivity contribution in [3.63, 3.8) is 0 Å². The lowest BCUT2D eigenvalue weighted by Crippen LogP contribution is -1.96. The van der Waals surface area contributed by atoms with E-state index in [1.165, 1.54) is 5.56 Å². The molecule has 0 atom stereocenters. The second kappa shape index (κ2) is 6.94. The number of ether oxygens (including phenoxy) is 1. The highest BCUT2D eigenvalue weighted by Crippen LogP contribution is 2.33. The maximum absolute atomic E-state index is 6.34. The maximum atomic E-state index is 6.34. The number of para-hydroxylation sites is 1. The second-order valence-electron chi connectivity index (χ2n) is 5.91. The van der Waals surface area contributed by atoms with E-state index < -0.39 is 0 Å². The quantitative estimate of drug-likeness (QED) is 0.396. The molecule has 128 valence electrons. The zero-order valence-corrected chi connectivity index (χ0v) is 15.4. The van der Waals surface area contributed by atoms with E-state index in [9.17, 15) is 0 Å². The Morgan fingerprint density at radius 2 is 1.62 bits per heavy atom. The van der Waals surface area contributed by atoms with E-state index in [1.54, 1.807) is 12.1 Å². The lowest BCUT2D eigenvalue weighted by atomic mass is 10.2. The number of nitrogens with zero attached hydrogens (tertiary/aromatic N) is 2. The highest BCUT2D eigenvalue weighted by molar-refractivity contribution is 6.36. The van der Waals surface area contributed by atoms with Crippen LogP contribution >= 0.6 is 23.2 Å². The fourth-order valence-corrected chi connectivity index (χ4v) is 3.13. The van der Waals surface area contributed by atoms with Crippen LogP contribution in [0.1, 0.15) is 5.56 Å². The largest absolute Gasteiger partial charge is 0.438 e. The lowest BCUT2D eigenvalue weighted by molar-refractivity contribution is 0.469. The Hall–Kier alpha value is -2.62. The van der Waals surface area contributed by atoms with Gasteiger partial charge in [-0.2, -0.15) is 4.98 Å². The number of hydrogen-bond donors (Lipinski definition) is 0. The summed E-state index contributed by atoms with van der Waals surface area (Å²) in [6.45, 7) is 2.03. The monoisotopic (exact) mass is 380 g/mol. The minimum absolute atomic E-state index is 0.487. The van der Waals surface area contributed by atoms with Crippen molar-refractivity contribution in [3.8, 4) is 23.0 Å². The van der Waals surface area contributed by atoms with Gasteiger partial charge in [-0.1, -0.05) is 53.0 Å². The first kappa shape index (κ1) is 16.8. The van der Waals surface area contributed by atoms with Crippen LogP contribution < -0.4 is 4.74 Å². The maximum Gasteiger partial charge on any atom is 0.230 e. The van der Waals surface area contributed by atoms with Crippen LogP contribution in [0.2, 0.25) is 10.0 Å². The molecule has 26 heavy (non-hydrogen) atoms. The summed E-state index contributed by atoms with van der Waals surface area (Å²) in [6.07, 6.45) is 0. The third-order valence-corrected chi connectivity index (χ3v) is 4.52. The van der Waals surface area contributed by atoms with E-state index >= 15 is 0 Å². The van der Waals surface area contributed by atoms with Crippen LogP contribution in [0.5, 0.6) is 11.6 Å². The van der Waals surface area contributed by atoms with Crippen LogP contribution in [-0.2, 0) is 0 Å². The minimum Gasteiger partial charge on any atom is -0.438 e. The summed E-state index contributed by atoms with van der Waals surface area (Å²) in [7, 11) is 0. The first-order valence-electron chi connectivity index (χ1n) is 8.07. The summed E-state index contributed by atoms with van der Waals surface area (Å²) in [5.41, 5.74) is 2.65. The molecule has 0 aliphatic rings. The Bertz CT molecular complexity index is 1090. The van der Waals surface area contributed by atoms with E-state index in [0.29, 0.717) is 33.1 Å². The Labute approximate surface area is 161 Å². The first-order chi connectivity index (χ1) is 12.6. The van der Waals surface area contributed by atoms with Gasteiger partial charge in [-0.15, -0.1) is 0 Å². The SMILES string of the molecule is Cc1ccc(Oc2nc(-c3ccc(Cl)cc3Cl)nc3ccccc23)cc1. The average Bonchev–Trinajstić information content (AvgIpc) is 2.63. The van der Waals surface area contributed by atoms with Crippen LogP contribution in [-0.4, -0.2) is 9.97 Å². The van der Waals surface area contributed by atoms with Crippen LogP contribution in [0, 0.1) is 6.92 Å². The van der Waals surface area contributed by atoms with Crippen LogP contribution in [0.4, 0.5) is 0 Å². The molecule has 0 amide bonds.